The van der Waals surface area contributed by atoms with Gasteiger partial charge in [-0.25, -0.2) is 0 Å². The summed E-state index contributed by atoms with van der Waals surface area (Å²) in [5.41, 5.74) is 1.47. The Morgan fingerprint density at radius 2 is 2.12 bits per heavy atom. The van der Waals surface area contributed by atoms with Gasteiger partial charge in [0, 0.05) is 24.7 Å². The number of aromatic hydroxyl groups is 1. The van der Waals surface area contributed by atoms with Crippen LogP contribution in [0.1, 0.15) is 18.4 Å². The number of nitrogens with one attached hydrogen (secondary N) is 1. The van der Waals surface area contributed by atoms with Crippen LogP contribution in [-0.4, -0.2) is 36.2 Å². The lowest BCUT2D eigenvalue weighted by atomic mass is 9.99. The fourth-order valence-corrected chi connectivity index (χ4v) is 2.66. The zero-order chi connectivity index (χ0) is 11.2. The van der Waals surface area contributed by atoms with Crippen LogP contribution in [0.25, 0.3) is 0 Å². The second kappa shape index (κ2) is 3.47. The van der Waals surface area contributed by atoms with Crippen LogP contribution in [0.2, 0.25) is 0 Å². The highest BCUT2D eigenvalue weighted by atomic mass is 16.3. The van der Waals surface area contributed by atoms with E-state index in [0.29, 0.717) is 11.8 Å². The maximum absolute atomic E-state index is 9.56. The van der Waals surface area contributed by atoms with Crippen molar-refractivity contribution in [3.8, 4) is 5.75 Å². The predicted octanol–water partition coefficient (Wildman–Crippen LogP) is 1.28. The fourth-order valence-electron chi connectivity index (χ4n) is 2.66. The first-order valence-electron chi connectivity index (χ1n) is 5.95. The molecule has 1 aliphatic heterocycles. The molecule has 1 saturated heterocycles. The van der Waals surface area contributed by atoms with E-state index in [1.54, 1.807) is 6.07 Å². The van der Waals surface area contributed by atoms with Crippen molar-refractivity contribution in [1.82, 2.24) is 10.2 Å². The van der Waals surface area contributed by atoms with E-state index in [1.807, 2.05) is 12.1 Å². The number of phenolic OH excluding ortho intramolecular Hbond substituents is 1. The lowest BCUT2D eigenvalue weighted by molar-refractivity contribution is 0.111. The molecule has 3 heteroatoms. The molecule has 3 rings (SSSR count). The lowest BCUT2D eigenvalue weighted by Gasteiger charge is -2.41. The molecule has 0 amide bonds. The van der Waals surface area contributed by atoms with Crippen molar-refractivity contribution >= 4 is 0 Å². The number of hydrogen-bond acceptors (Lipinski definition) is 3. The van der Waals surface area contributed by atoms with Gasteiger partial charge in [0.2, 0.25) is 0 Å². The Morgan fingerprint density at radius 3 is 2.62 bits per heavy atom. The van der Waals surface area contributed by atoms with Gasteiger partial charge in [-0.3, -0.25) is 4.90 Å². The number of phenols is 1. The summed E-state index contributed by atoms with van der Waals surface area (Å²) in [5, 5.41) is 12.9. The van der Waals surface area contributed by atoms with Gasteiger partial charge in [-0.2, -0.15) is 0 Å². The normalized spacial score (nSPS) is 23.1. The van der Waals surface area contributed by atoms with E-state index in [1.165, 1.54) is 18.4 Å². The Kier molecular flexibility index (Phi) is 2.19. The van der Waals surface area contributed by atoms with Gasteiger partial charge in [-0.15, -0.1) is 0 Å². The summed E-state index contributed by atoms with van der Waals surface area (Å²) >= 11 is 0. The highest BCUT2D eigenvalue weighted by Gasteiger charge is 2.50. The number of likely N-dealkylation sites (N-methyl/N-ethyl adjacent to an activating group) is 1. The SMILES string of the molecule is CN(C1CNC1)C1(c2cccc(O)c2)CC1. The topological polar surface area (TPSA) is 35.5 Å². The third-order valence-electron chi connectivity index (χ3n) is 4.09. The Hall–Kier alpha value is -1.06. The van der Waals surface area contributed by atoms with Gasteiger partial charge in [-0.05, 0) is 37.6 Å². The zero-order valence-corrected chi connectivity index (χ0v) is 9.61. The Morgan fingerprint density at radius 1 is 1.38 bits per heavy atom. The smallest absolute Gasteiger partial charge is 0.115 e. The summed E-state index contributed by atoms with van der Waals surface area (Å²) in [6, 6.07) is 8.39. The Labute approximate surface area is 96.1 Å². The molecule has 1 aromatic rings. The summed E-state index contributed by atoms with van der Waals surface area (Å²) in [5.74, 6) is 0.379. The predicted molar refractivity (Wildman–Crippen MR) is 63.4 cm³/mol. The molecule has 16 heavy (non-hydrogen) atoms. The van der Waals surface area contributed by atoms with Gasteiger partial charge in [0.25, 0.3) is 0 Å². The first-order valence-corrected chi connectivity index (χ1v) is 5.95. The summed E-state index contributed by atoms with van der Waals surface area (Å²) in [7, 11) is 2.21. The molecule has 2 aliphatic rings. The Bertz CT molecular complexity index is 397. The summed E-state index contributed by atoms with van der Waals surface area (Å²) in [6.07, 6.45) is 2.42. The van der Waals surface area contributed by atoms with Crippen molar-refractivity contribution in [3.05, 3.63) is 29.8 Å². The van der Waals surface area contributed by atoms with Crippen molar-refractivity contribution < 1.29 is 5.11 Å². The van der Waals surface area contributed by atoms with Gasteiger partial charge in [0.1, 0.15) is 5.75 Å². The van der Waals surface area contributed by atoms with Crippen molar-refractivity contribution in [2.45, 2.75) is 24.4 Å². The molecule has 0 spiro atoms. The quantitative estimate of drug-likeness (QED) is 0.802. The minimum atomic E-state index is 0.200. The minimum Gasteiger partial charge on any atom is -0.508 e. The van der Waals surface area contributed by atoms with Crippen LogP contribution in [0.15, 0.2) is 24.3 Å². The van der Waals surface area contributed by atoms with Crippen molar-refractivity contribution in [2.75, 3.05) is 20.1 Å². The number of hydrogen-bond donors (Lipinski definition) is 2. The van der Waals surface area contributed by atoms with E-state index >= 15 is 0 Å². The molecule has 3 nitrogen and oxygen atoms in total. The van der Waals surface area contributed by atoms with E-state index in [9.17, 15) is 5.11 Å². The van der Waals surface area contributed by atoms with Crippen molar-refractivity contribution in [3.63, 3.8) is 0 Å². The second-order valence-corrected chi connectivity index (χ2v) is 5.00. The molecule has 2 fully saturated rings. The largest absolute Gasteiger partial charge is 0.508 e. The maximum Gasteiger partial charge on any atom is 0.115 e. The molecule has 1 aliphatic carbocycles. The molecule has 1 saturated carbocycles. The molecular formula is C13H18N2O. The van der Waals surface area contributed by atoms with E-state index in [-0.39, 0.29) is 5.54 Å². The molecule has 2 N–H and O–H groups in total. The van der Waals surface area contributed by atoms with Gasteiger partial charge in [0.15, 0.2) is 0 Å². The highest BCUT2D eigenvalue weighted by molar-refractivity contribution is 5.36. The summed E-state index contributed by atoms with van der Waals surface area (Å²) < 4.78 is 0. The summed E-state index contributed by atoms with van der Waals surface area (Å²) in [4.78, 5) is 2.48. The van der Waals surface area contributed by atoms with Crippen molar-refractivity contribution in [1.29, 1.82) is 0 Å². The Balaban J connectivity index is 1.87. The van der Waals surface area contributed by atoms with Crippen LogP contribution in [-0.2, 0) is 5.54 Å². The van der Waals surface area contributed by atoms with Crippen LogP contribution in [0.3, 0.4) is 0 Å². The van der Waals surface area contributed by atoms with Crippen LogP contribution in [0.4, 0.5) is 0 Å². The standard InChI is InChI=1S/C13H18N2O/c1-15(11-8-14-9-11)13(5-6-13)10-3-2-4-12(16)7-10/h2-4,7,11,14,16H,5-6,8-9H2,1H3. The third kappa shape index (κ3) is 1.43. The molecule has 0 unspecified atom stereocenters. The molecule has 0 aromatic heterocycles. The number of nitrogens with zero attached hydrogens (tertiary/aromatic N) is 1. The molecule has 1 heterocycles. The number of rotatable bonds is 3. The monoisotopic (exact) mass is 218 g/mol. The lowest BCUT2D eigenvalue weighted by Crippen LogP contribution is -2.58. The minimum absolute atomic E-state index is 0.200. The maximum atomic E-state index is 9.56. The first kappa shape index (κ1) is 10.1. The van der Waals surface area contributed by atoms with Gasteiger partial charge < -0.3 is 10.4 Å². The molecule has 0 radical (unpaired) electrons. The van der Waals surface area contributed by atoms with E-state index < -0.39 is 0 Å². The molecule has 1 aromatic carbocycles. The molecular weight excluding hydrogens is 200 g/mol. The zero-order valence-electron chi connectivity index (χ0n) is 9.61. The molecule has 0 bridgehead atoms. The second-order valence-electron chi connectivity index (χ2n) is 5.00. The fraction of sp³-hybridized carbons (Fsp3) is 0.538. The van der Waals surface area contributed by atoms with Gasteiger partial charge in [0.05, 0.1) is 0 Å². The van der Waals surface area contributed by atoms with E-state index in [2.05, 4.69) is 23.3 Å². The molecule has 86 valence electrons. The van der Waals surface area contributed by atoms with E-state index in [0.717, 1.165) is 13.1 Å². The van der Waals surface area contributed by atoms with Crippen molar-refractivity contribution in [2.24, 2.45) is 0 Å². The van der Waals surface area contributed by atoms with E-state index in [4.69, 9.17) is 0 Å². The summed E-state index contributed by atoms with van der Waals surface area (Å²) in [6.45, 7) is 2.19. The average molecular weight is 218 g/mol. The molecule has 0 atom stereocenters. The van der Waals surface area contributed by atoms with Crippen LogP contribution in [0, 0.1) is 0 Å². The van der Waals surface area contributed by atoms with Gasteiger partial charge in [-0.1, -0.05) is 12.1 Å². The first-order chi connectivity index (χ1) is 7.72. The average Bonchev–Trinajstić information content (AvgIpc) is 2.95. The van der Waals surface area contributed by atoms with Crippen LogP contribution in [0.5, 0.6) is 5.75 Å². The van der Waals surface area contributed by atoms with Gasteiger partial charge >= 0.3 is 0 Å². The van der Waals surface area contributed by atoms with Crippen LogP contribution >= 0.6 is 0 Å². The highest BCUT2D eigenvalue weighted by Crippen LogP contribution is 2.51. The third-order valence-corrected chi connectivity index (χ3v) is 4.09. The van der Waals surface area contributed by atoms with Crippen LogP contribution < -0.4 is 5.32 Å². The number of benzene rings is 1.